The predicted octanol–water partition coefficient (Wildman–Crippen LogP) is 4.02. The minimum absolute atomic E-state index is 0.433. The molecule has 0 saturated heterocycles. The Hall–Kier alpha value is -1.88. The van der Waals surface area contributed by atoms with Gasteiger partial charge in [-0.1, -0.05) is 59.6 Å². The summed E-state index contributed by atoms with van der Waals surface area (Å²) in [7, 11) is 1.89. The van der Waals surface area contributed by atoms with E-state index < -0.39 is 0 Å². The molecule has 0 amide bonds. The van der Waals surface area contributed by atoms with Gasteiger partial charge in [0, 0.05) is 27.7 Å². The van der Waals surface area contributed by atoms with Crippen molar-refractivity contribution in [3.63, 3.8) is 0 Å². The maximum atomic E-state index is 6.24. The third-order valence-corrected chi connectivity index (χ3v) is 4.19. The first kappa shape index (κ1) is 16.0. The van der Waals surface area contributed by atoms with Crippen molar-refractivity contribution in [3.05, 3.63) is 69.8 Å². The summed E-state index contributed by atoms with van der Waals surface area (Å²) in [6, 6.07) is 15.5. The summed E-state index contributed by atoms with van der Waals surface area (Å²) in [5.74, 6) is 0. The standard InChI is InChI=1S/C17H16Cl2N4/c1-20-10-16-17(12-6-3-2-4-7-12)22-23(21-16)11-13-14(18)8-5-9-15(13)19/h2-9,20H,10-11H2,1H3. The van der Waals surface area contributed by atoms with Crippen LogP contribution in [-0.4, -0.2) is 22.0 Å². The highest BCUT2D eigenvalue weighted by Crippen LogP contribution is 2.26. The van der Waals surface area contributed by atoms with E-state index in [1.54, 1.807) is 4.80 Å². The molecule has 4 nitrogen and oxygen atoms in total. The van der Waals surface area contributed by atoms with E-state index in [0.29, 0.717) is 23.1 Å². The SMILES string of the molecule is CNCc1nn(Cc2c(Cl)cccc2Cl)nc1-c1ccccc1. The molecule has 0 atom stereocenters. The molecule has 0 radical (unpaired) electrons. The molecule has 2 aromatic carbocycles. The zero-order valence-electron chi connectivity index (χ0n) is 12.6. The van der Waals surface area contributed by atoms with Crippen LogP contribution in [0.25, 0.3) is 11.3 Å². The van der Waals surface area contributed by atoms with E-state index in [4.69, 9.17) is 23.2 Å². The number of hydrogen-bond acceptors (Lipinski definition) is 3. The van der Waals surface area contributed by atoms with E-state index in [2.05, 4.69) is 15.5 Å². The zero-order valence-corrected chi connectivity index (χ0v) is 14.1. The highest BCUT2D eigenvalue weighted by Gasteiger charge is 2.14. The maximum Gasteiger partial charge on any atom is 0.117 e. The smallest absolute Gasteiger partial charge is 0.117 e. The fraction of sp³-hybridized carbons (Fsp3) is 0.176. The lowest BCUT2D eigenvalue weighted by molar-refractivity contribution is 0.582. The van der Waals surface area contributed by atoms with Gasteiger partial charge in [0.15, 0.2) is 0 Å². The first-order valence-corrected chi connectivity index (χ1v) is 8.01. The van der Waals surface area contributed by atoms with Gasteiger partial charge in [-0.3, -0.25) is 0 Å². The summed E-state index contributed by atoms with van der Waals surface area (Å²) >= 11 is 12.5. The molecule has 23 heavy (non-hydrogen) atoms. The third-order valence-electron chi connectivity index (χ3n) is 3.48. The summed E-state index contributed by atoms with van der Waals surface area (Å²) in [4.78, 5) is 1.64. The van der Waals surface area contributed by atoms with E-state index >= 15 is 0 Å². The Kier molecular flexibility index (Phi) is 4.96. The second-order valence-corrected chi connectivity index (χ2v) is 5.94. The van der Waals surface area contributed by atoms with Crippen LogP contribution in [0.15, 0.2) is 48.5 Å². The average Bonchev–Trinajstić information content (AvgIpc) is 2.95. The molecule has 0 aliphatic carbocycles. The number of aromatic nitrogens is 3. The molecule has 0 unspecified atom stereocenters. The van der Waals surface area contributed by atoms with Gasteiger partial charge in [-0.05, 0) is 19.2 Å². The van der Waals surface area contributed by atoms with Crippen molar-refractivity contribution in [1.82, 2.24) is 20.3 Å². The number of halogens is 2. The van der Waals surface area contributed by atoms with Crippen LogP contribution >= 0.6 is 23.2 Å². The number of benzene rings is 2. The quantitative estimate of drug-likeness (QED) is 0.758. The van der Waals surface area contributed by atoms with E-state index in [9.17, 15) is 0 Å². The fourth-order valence-corrected chi connectivity index (χ4v) is 2.90. The molecule has 0 fully saturated rings. The van der Waals surface area contributed by atoms with Crippen molar-refractivity contribution >= 4 is 23.2 Å². The molecule has 0 aliphatic heterocycles. The largest absolute Gasteiger partial charge is 0.314 e. The Balaban J connectivity index is 1.98. The first-order valence-electron chi connectivity index (χ1n) is 7.26. The van der Waals surface area contributed by atoms with Crippen molar-refractivity contribution in [3.8, 4) is 11.3 Å². The van der Waals surface area contributed by atoms with Crippen LogP contribution in [-0.2, 0) is 13.1 Å². The molecule has 3 rings (SSSR count). The second-order valence-electron chi connectivity index (χ2n) is 5.12. The van der Waals surface area contributed by atoms with Gasteiger partial charge >= 0.3 is 0 Å². The van der Waals surface area contributed by atoms with Crippen LogP contribution in [0.3, 0.4) is 0 Å². The molecule has 3 aromatic rings. The Labute approximate surface area is 145 Å². The van der Waals surface area contributed by atoms with Gasteiger partial charge in [-0.15, -0.1) is 0 Å². The van der Waals surface area contributed by atoms with Crippen molar-refractivity contribution in [2.45, 2.75) is 13.1 Å². The molecule has 6 heteroatoms. The van der Waals surface area contributed by atoms with E-state index in [0.717, 1.165) is 22.5 Å². The number of hydrogen-bond donors (Lipinski definition) is 1. The Morgan fingerprint density at radius 2 is 1.65 bits per heavy atom. The van der Waals surface area contributed by atoms with Crippen LogP contribution in [0.4, 0.5) is 0 Å². The third kappa shape index (κ3) is 3.55. The van der Waals surface area contributed by atoms with Gasteiger partial charge in [-0.2, -0.15) is 15.0 Å². The van der Waals surface area contributed by atoms with Crippen molar-refractivity contribution in [1.29, 1.82) is 0 Å². The normalized spacial score (nSPS) is 10.9. The lowest BCUT2D eigenvalue weighted by Gasteiger charge is -2.05. The molecule has 118 valence electrons. The van der Waals surface area contributed by atoms with Gasteiger partial charge in [0.25, 0.3) is 0 Å². The number of nitrogens with zero attached hydrogens (tertiary/aromatic N) is 3. The zero-order chi connectivity index (χ0) is 16.2. The van der Waals surface area contributed by atoms with Crippen LogP contribution in [0.5, 0.6) is 0 Å². The fourth-order valence-electron chi connectivity index (χ4n) is 2.38. The minimum atomic E-state index is 0.433. The highest BCUT2D eigenvalue weighted by atomic mass is 35.5. The molecule has 1 heterocycles. The molecule has 0 bridgehead atoms. The van der Waals surface area contributed by atoms with Gasteiger partial charge in [0.2, 0.25) is 0 Å². The number of nitrogens with one attached hydrogen (secondary N) is 1. The predicted molar refractivity (Wildman–Crippen MR) is 93.8 cm³/mol. The van der Waals surface area contributed by atoms with Crippen molar-refractivity contribution < 1.29 is 0 Å². The maximum absolute atomic E-state index is 6.24. The summed E-state index contributed by atoms with van der Waals surface area (Å²) < 4.78 is 0. The molecule has 1 aromatic heterocycles. The van der Waals surface area contributed by atoms with Gasteiger partial charge < -0.3 is 5.32 Å². The first-order chi connectivity index (χ1) is 11.2. The topological polar surface area (TPSA) is 42.7 Å². The lowest BCUT2D eigenvalue weighted by atomic mass is 10.1. The van der Waals surface area contributed by atoms with Crippen LogP contribution in [0.1, 0.15) is 11.3 Å². The summed E-state index contributed by atoms with van der Waals surface area (Å²) in [6.45, 7) is 1.07. The Morgan fingerprint density at radius 1 is 0.957 bits per heavy atom. The van der Waals surface area contributed by atoms with E-state index in [1.165, 1.54) is 0 Å². The van der Waals surface area contributed by atoms with Crippen LogP contribution in [0, 0.1) is 0 Å². The molecule has 0 spiro atoms. The van der Waals surface area contributed by atoms with Gasteiger partial charge in [-0.25, -0.2) is 0 Å². The summed E-state index contributed by atoms with van der Waals surface area (Å²) in [6.07, 6.45) is 0. The molecular formula is C17H16Cl2N4. The monoisotopic (exact) mass is 346 g/mol. The average molecular weight is 347 g/mol. The van der Waals surface area contributed by atoms with Crippen molar-refractivity contribution in [2.75, 3.05) is 7.05 Å². The second kappa shape index (κ2) is 7.13. The Morgan fingerprint density at radius 3 is 2.30 bits per heavy atom. The van der Waals surface area contributed by atoms with Gasteiger partial charge in [0.1, 0.15) is 11.4 Å². The summed E-state index contributed by atoms with van der Waals surface area (Å²) in [5, 5.41) is 13.6. The lowest BCUT2D eigenvalue weighted by Crippen LogP contribution is -2.08. The number of rotatable bonds is 5. The van der Waals surface area contributed by atoms with Crippen molar-refractivity contribution in [2.24, 2.45) is 0 Å². The minimum Gasteiger partial charge on any atom is -0.314 e. The summed E-state index contributed by atoms with van der Waals surface area (Å²) in [5.41, 5.74) is 3.61. The highest BCUT2D eigenvalue weighted by molar-refractivity contribution is 6.35. The molecule has 1 N–H and O–H groups in total. The molecular weight excluding hydrogens is 331 g/mol. The van der Waals surface area contributed by atoms with Gasteiger partial charge in [0.05, 0.1) is 6.54 Å². The Bertz CT molecular complexity index is 779. The molecule has 0 saturated carbocycles. The van der Waals surface area contributed by atoms with Crippen LogP contribution < -0.4 is 5.32 Å². The van der Waals surface area contributed by atoms with Crippen LogP contribution in [0.2, 0.25) is 10.0 Å². The van der Waals surface area contributed by atoms with E-state index in [1.807, 2.05) is 55.6 Å². The van der Waals surface area contributed by atoms with E-state index in [-0.39, 0.29) is 0 Å². The molecule has 0 aliphatic rings.